The highest BCUT2D eigenvalue weighted by Crippen LogP contribution is 2.37. The first-order valence-corrected chi connectivity index (χ1v) is 8.09. The Balaban J connectivity index is 2.22. The summed E-state index contributed by atoms with van der Waals surface area (Å²) in [4.78, 5) is 0. The maximum absolute atomic E-state index is 6.31. The minimum Gasteiger partial charge on any atom is -0.377 e. The molecule has 0 aliphatic heterocycles. The topological polar surface area (TPSA) is 21.3 Å². The summed E-state index contributed by atoms with van der Waals surface area (Å²) in [5.74, 6) is 0. The number of hydrogen-bond acceptors (Lipinski definition) is 2. The van der Waals surface area contributed by atoms with Gasteiger partial charge in [-0.3, -0.25) is 0 Å². The molecule has 20 heavy (non-hydrogen) atoms. The van der Waals surface area contributed by atoms with Crippen LogP contribution in [0.5, 0.6) is 0 Å². The average molecular weight is 316 g/mol. The summed E-state index contributed by atoms with van der Waals surface area (Å²) in [6, 6.07) is 5.94. The van der Waals surface area contributed by atoms with E-state index in [1.807, 2.05) is 25.3 Å². The van der Waals surface area contributed by atoms with Crippen LogP contribution in [0.1, 0.15) is 38.2 Å². The van der Waals surface area contributed by atoms with Gasteiger partial charge in [0.1, 0.15) is 0 Å². The summed E-state index contributed by atoms with van der Waals surface area (Å²) in [7, 11) is 1.83. The zero-order valence-electron chi connectivity index (χ0n) is 12.2. The Kier molecular flexibility index (Phi) is 5.74. The smallest absolute Gasteiger partial charge is 0.0834 e. The van der Waals surface area contributed by atoms with Crippen LogP contribution < -0.4 is 5.32 Å². The SMILES string of the molecule is CCNC(Cc1cc(Cl)ccc1Cl)C1(OC)CCCC1. The molecule has 1 aromatic rings. The van der Waals surface area contributed by atoms with Crippen molar-refractivity contribution >= 4 is 23.2 Å². The van der Waals surface area contributed by atoms with Crippen LogP contribution in [0.3, 0.4) is 0 Å². The average Bonchev–Trinajstić information content (AvgIpc) is 2.92. The molecule has 0 radical (unpaired) electrons. The molecule has 0 spiro atoms. The van der Waals surface area contributed by atoms with Crippen molar-refractivity contribution in [2.45, 2.75) is 50.7 Å². The third-order valence-corrected chi connectivity index (χ3v) is 4.98. The van der Waals surface area contributed by atoms with Crippen molar-refractivity contribution in [3.8, 4) is 0 Å². The van der Waals surface area contributed by atoms with Gasteiger partial charge in [-0.05, 0) is 49.6 Å². The van der Waals surface area contributed by atoms with Gasteiger partial charge in [0, 0.05) is 23.2 Å². The molecule has 1 N–H and O–H groups in total. The van der Waals surface area contributed by atoms with Crippen molar-refractivity contribution in [2.24, 2.45) is 0 Å². The van der Waals surface area contributed by atoms with Gasteiger partial charge in [0.25, 0.3) is 0 Å². The van der Waals surface area contributed by atoms with Gasteiger partial charge >= 0.3 is 0 Å². The Hall–Kier alpha value is -0.280. The van der Waals surface area contributed by atoms with Gasteiger partial charge in [0.15, 0.2) is 0 Å². The second-order valence-electron chi connectivity index (χ2n) is 5.53. The van der Waals surface area contributed by atoms with Gasteiger partial charge in [-0.2, -0.15) is 0 Å². The molecule has 0 aromatic heterocycles. The van der Waals surface area contributed by atoms with Crippen molar-refractivity contribution in [3.05, 3.63) is 33.8 Å². The Morgan fingerprint density at radius 1 is 1.30 bits per heavy atom. The zero-order valence-corrected chi connectivity index (χ0v) is 13.7. The highest BCUT2D eigenvalue weighted by Gasteiger charge is 2.41. The molecule has 2 rings (SSSR count). The fourth-order valence-corrected chi connectivity index (χ4v) is 3.67. The monoisotopic (exact) mass is 315 g/mol. The Morgan fingerprint density at radius 3 is 2.60 bits per heavy atom. The molecule has 1 aliphatic rings. The number of rotatable bonds is 6. The van der Waals surface area contributed by atoms with Gasteiger partial charge in [-0.1, -0.05) is 43.0 Å². The van der Waals surface area contributed by atoms with E-state index in [1.54, 1.807) is 0 Å². The molecule has 1 fully saturated rings. The van der Waals surface area contributed by atoms with E-state index in [0.717, 1.165) is 41.4 Å². The number of methoxy groups -OCH3 is 1. The summed E-state index contributed by atoms with van der Waals surface area (Å²) in [6.07, 6.45) is 5.54. The van der Waals surface area contributed by atoms with Crippen LogP contribution in [0.15, 0.2) is 18.2 Å². The summed E-state index contributed by atoms with van der Waals surface area (Å²) in [5.41, 5.74) is 1.02. The number of nitrogens with one attached hydrogen (secondary N) is 1. The van der Waals surface area contributed by atoms with Gasteiger partial charge in [-0.15, -0.1) is 0 Å². The molecule has 1 unspecified atom stereocenters. The molecule has 0 bridgehead atoms. The van der Waals surface area contributed by atoms with Crippen molar-refractivity contribution in [1.82, 2.24) is 5.32 Å². The number of halogens is 2. The van der Waals surface area contributed by atoms with Crippen LogP contribution in [0.2, 0.25) is 10.0 Å². The van der Waals surface area contributed by atoms with Gasteiger partial charge in [0.2, 0.25) is 0 Å². The van der Waals surface area contributed by atoms with Crippen molar-refractivity contribution in [1.29, 1.82) is 0 Å². The molecule has 2 nitrogen and oxygen atoms in total. The molecule has 1 aliphatic carbocycles. The first-order chi connectivity index (χ1) is 9.61. The Labute approximate surface area is 131 Å². The van der Waals surface area contributed by atoms with Crippen LogP contribution in [0.4, 0.5) is 0 Å². The lowest BCUT2D eigenvalue weighted by molar-refractivity contribution is -0.0351. The fourth-order valence-electron chi connectivity index (χ4n) is 3.28. The van der Waals surface area contributed by atoms with Crippen molar-refractivity contribution < 1.29 is 4.74 Å². The number of likely N-dealkylation sites (N-methyl/N-ethyl adjacent to an activating group) is 1. The number of benzene rings is 1. The summed E-state index contributed by atoms with van der Waals surface area (Å²) < 4.78 is 5.92. The molecule has 0 amide bonds. The molecular weight excluding hydrogens is 293 g/mol. The van der Waals surface area contributed by atoms with E-state index < -0.39 is 0 Å². The van der Waals surface area contributed by atoms with Crippen molar-refractivity contribution in [3.63, 3.8) is 0 Å². The summed E-state index contributed by atoms with van der Waals surface area (Å²) in [5, 5.41) is 5.10. The Bertz CT molecular complexity index is 444. The molecule has 112 valence electrons. The third kappa shape index (κ3) is 3.48. The second-order valence-corrected chi connectivity index (χ2v) is 6.37. The minimum atomic E-state index is -0.0678. The van der Waals surface area contributed by atoms with E-state index in [2.05, 4.69) is 12.2 Å². The standard InChI is InChI=1S/C16H23Cl2NO/c1-3-19-15(16(20-2)8-4-5-9-16)11-12-10-13(17)6-7-14(12)18/h6-7,10,15,19H,3-5,8-9,11H2,1-2H3. The molecule has 1 saturated carbocycles. The first kappa shape index (κ1) is 16.1. The molecule has 1 atom stereocenters. The first-order valence-electron chi connectivity index (χ1n) is 7.34. The van der Waals surface area contributed by atoms with Crippen LogP contribution >= 0.6 is 23.2 Å². The maximum Gasteiger partial charge on any atom is 0.0834 e. The third-order valence-electron chi connectivity index (χ3n) is 4.37. The van der Waals surface area contributed by atoms with E-state index in [0.29, 0.717) is 0 Å². The predicted molar refractivity (Wildman–Crippen MR) is 85.8 cm³/mol. The van der Waals surface area contributed by atoms with E-state index in [-0.39, 0.29) is 11.6 Å². The van der Waals surface area contributed by atoms with Gasteiger partial charge < -0.3 is 10.1 Å². The molecule has 0 heterocycles. The lowest BCUT2D eigenvalue weighted by Crippen LogP contribution is -2.51. The van der Waals surface area contributed by atoms with Gasteiger partial charge in [-0.25, -0.2) is 0 Å². The fraction of sp³-hybridized carbons (Fsp3) is 0.625. The summed E-state index contributed by atoms with van der Waals surface area (Å²) in [6.45, 7) is 3.05. The normalized spacial score (nSPS) is 19.2. The van der Waals surface area contributed by atoms with Crippen LogP contribution in [-0.2, 0) is 11.2 Å². The minimum absolute atomic E-state index is 0.0678. The zero-order chi connectivity index (χ0) is 14.6. The van der Waals surface area contributed by atoms with E-state index in [9.17, 15) is 0 Å². The highest BCUT2D eigenvalue weighted by molar-refractivity contribution is 6.33. The highest BCUT2D eigenvalue weighted by atomic mass is 35.5. The van der Waals surface area contributed by atoms with E-state index >= 15 is 0 Å². The number of ether oxygens (including phenoxy) is 1. The van der Waals surface area contributed by atoms with Crippen LogP contribution in [0.25, 0.3) is 0 Å². The van der Waals surface area contributed by atoms with Crippen molar-refractivity contribution in [2.75, 3.05) is 13.7 Å². The largest absolute Gasteiger partial charge is 0.377 e. The summed E-state index contributed by atoms with van der Waals surface area (Å²) >= 11 is 12.4. The van der Waals surface area contributed by atoms with Crippen LogP contribution in [0, 0.1) is 0 Å². The van der Waals surface area contributed by atoms with Crippen LogP contribution in [-0.4, -0.2) is 25.3 Å². The predicted octanol–water partition coefficient (Wildman–Crippen LogP) is 4.47. The quantitative estimate of drug-likeness (QED) is 0.836. The van der Waals surface area contributed by atoms with E-state index in [1.165, 1.54) is 12.8 Å². The molecule has 0 saturated heterocycles. The lowest BCUT2D eigenvalue weighted by Gasteiger charge is -2.37. The Morgan fingerprint density at radius 2 is 2.00 bits per heavy atom. The van der Waals surface area contributed by atoms with E-state index in [4.69, 9.17) is 27.9 Å². The lowest BCUT2D eigenvalue weighted by atomic mass is 9.87. The number of hydrogen-bond donors (Lipinski definition) is 1. The second kappa shape index (κ2) is 7.13. The molecular formula is C16H23Cl2NO. The molecule has 1 aromatic carbocycles. The molecule has 4 heteroatoms. The van der Waals surface area contributed by atoms with Gasteiger partial charge in [0.05, 0.1) is 5.60 Å². The maximum atomic E-state index is 6.31.